The fraction of sp³-hybridized carbons (Fsp3) is 0.435. The van der Waals surface area contributed by atoms with Crippen LogP contribution < -0.4 is 34.7 Å². The molecule has 3 heterocycles. The summed E-state index contributed by atoms with van der Waals surface area (Å²) in [6, 6.07) is 9.47. The maximum absolute atomic E-state index is 12.4. The maximum Gasteiger partial charge on any atom is 1.00 e. The summed E-state index contributed by atoms with van der Waals surface area (Å²) in [6.07, 6.45) is 0.943. The van der Waals surface area contributed by atoms with Crippen LogP contribution in [0.2, 0.25) is 0 Å². The predicted molar refractivity (Wildman–Crippen MR) is 123 cm³/mol. The van der Waals surface area contributed by atoms with Crippen LogP contribution in [0.1, 0.15) is 41.5 Å². The van der Waals surface area contributed by atoms with Gasteiger partial charge in [0.15, 0.2) is 4.34 Å². The molecule has 168 valence electrons. The van der Waals surface area contributed by atoms with Gasteiger partial charge in [0.25, 0.3) is 0 Å². The van der Waals surface area contributed by atoms with Gasteiger partial charge in [-0.1, -0.05) is 76.7 Å². The molecule has 1 fully saturated rings. The molecular formula is C23H29N2NaO4S2. The number of carboxylic acid groups (broad SMARTS) is 1. The second-order valence-electron chi connectivity index (χ2n) is 6.71. The minimum Gasteiger partial charge on any atom is -0.543 e. The maximum atomic E-state index is 12.4. The van der Waals surface area contributed by atoms with Gasteiger partial charge in [0, 0.05) is 17.0 Å². The summed E-state index contributed by atoms with van der Waals surface area (Å²) >= 11 is 2.74. The second-order valence-corrected chi connectivity index (χ2v) is 9.03. The van der Waals surface area contributed by atoms with Crippen LogP contribution in [-0.2, 0) is 9.59 Å². The molecule has 6 nitrogen and oxygen atoms in total. The molecule has 2 aliphatic rings. The van der Waals surface area contributed by atoms with Crippen LogP contribution in [0.3, 0.4) is 0 Å². The summed E-state index contributed by atoms with van der Waals surface area (Å²) in [5.41, 5.74) is 0.958. The number of aliphatic carboxylic acids is 1. The minimum absolute atomic E-state index is 0. The van der Waals surface area contributed by atoms with E-state index < -0.39 is 18.0 Å². The molecule has 0 aliphatic carbocycles. The van der Waals surface area contributed by atoms with Crippen LogP contribution in [0.4, 0.5) is 0 Å². The van der Waals surface area contributed by atoms with E-state index in [2.05, 4.69) is 4.98 Å². The predicted octanol–water partition coefficient (Wildman–Crippen LogP) is 0.778. The van der Waals surface area contributed by atoms with E-state index in [9.17, 15) is 19.8 Å². The standard InChI is InChI=1S/C19H18N2O4S2.2C2H6.Na/c1-9-14-13(10(2)22)17(23)21(14)15(18(24)25)16(9)27-19-20-8-12(26-19)11-6-4-3-5-7-11;2*1-2;/h3-10,13-14,22H,1-2H3,(H,24,25);2*1-2H3;/q;;;+1/p-1. The molecule has 1 aromatic heterocycles. The third-order valence-corrected chi connectivity index (χ3v) is 7.45. The monoisotopic (exact) mass is 484 g/mol. The van der Waals surface area contributed by atoms with E-state index in [1.165, 1.54) is 28.0 Å². The average Bonchev–Trinajstić information content (AvgIpc) is 3.34. The number of rotatable bonds is 5. The molecule has 32 heavy (non-hydrogen) atoms. The first kappa shape index (κ1) is 28.9. The van der Waals surface area contributed by atoms with Crippen LogP contribution >= 0.6 is 23.1 Å². The zero-order chi connectivity index (χ0) is 23.3. The number of aromatic nitrogens is 1. The van der Waals surface area contributed by atoms with Crippen molar-refractivity contribution < 1.29 is 49.4 Å². The number of aliphatic hydroxyl groups excluding tert-OH is 1. The topological polar surface area (TPSA) is 93.6 Å². The molecule has 9 heteroatoms. The quantitative estimate of drug-likeness (QED) is 0.498. The molecule has 0 radical (unpaired) electrons. The SMILES string of the molecule is CC.CC.CC(O)C1C(=O)N2C(C(=O)[O-])=C(Sc3ncc(-c4ccccc4)s3)C(C)C12.[Na+]. The van der Waals surface area contributed by atoms with E-state index in [0.717, 1.165) is 10.4 Å². The average molecular weight is 485 g/mol. The summed E-state index contributed by atoms with van der Waals surface area (Å²) in [5.74, 6) is -2.52. The Morgan fingerprint density at radius 1 is 1.22 bits per heavy atom. The number of carbonyl (C=O) groups excluding carboxylic acids is 2. The van der Waals surface area contributed by atoms with Gasteiger partial charge in [-0.3, -0.25) is 4.79 Å². The molecule has 1 amide bonds. The molecule has 1 N–H and O–H groups in total. The summed E-state index contributed by atoms with van der Waals surface area (Å²) in [4.78, 5) is 31.3. The van der Waals surface area contributed by atoms with Gasteiger partial charge in [-0.05, 0) is 12.5 Å². The van der Waals surface area contributed by atoms with Crippen molar-refractivity contribution in [3.05, 3.63) is 47.1 Å². The Kier molecular flexibility index (Phi) is 11.7. The van der Waals surface area contributed by atoms with Crippen molar-refractivity contribution >= 4 is 35.0 Å². The number of β-lactam (4-membered cyclic amide) rings is 1. The minimum atomic E-state index is -1.37. The number of aliphatic hydroxyl groups is 1. The van der Waals surface area contributed by atoms with E-state index in [1.54, 1.807) is 13.1 Å². The Balaban J connectivity index is 0.000000971. The number of carboxylic acids is 1. The van der Waals surface area contributed by atoms with Crippen LogP contribution in [0, 0.1) is 11.8 Å². The van der Waals surface area contributed by atoms with Crippen molar-refractivity contribution in [1.29, 1.82) is 0 Å². The smallest absolute Gasteiger partial charge is 0.543 e. The molecule has 1 saturated heterocycles. The molecule has 4 unspecified atom stereocenters. The third-order valence-electron chi connectivity index (χ3n) is 5.04. The van der Waals surface area contributed by atoms with E-state index in [0.29, 0.717) is 9.24 Å². The van der Waals surface area contributed by atoms with Gasteiger partial charge in [0.05, 0.1) is 34.6 Å². The second kappa shape index (κ2) is 12.9. The van der Waals surface area contributed by atoms with Crippen molar-refractivity contribution in [2.45, 2.75) is 58.0 Å². The number of thioether (sulfide) groups is 1. The fourth-order valence-electron chi connectivity index (χ4n) is 3.78. The Morgan fingerprint density at radius 2 is 1.81 bits per heavy atom. The van der Waals surface area contributed by atoms with Gasteiger partial charge in [0.2, 0.25) is 5.91 Å². The molecule has 4 atom stereocenters. The van der Waals surface area contributed by atoms with E-state index >= 15 is 0 Å². The largest absolute Gasteiger partial charge is 1.00 e. The number of hydrogen-bond acceptors (Lipinski definition) is 7. The van der Waals surface area contributed by atoms with Crippen molar-refractivity contribution in [2.75, 3.05) is 0 Å². The molecule has 1 aromatic carbocycles. The van der Waals surface area contributed by atoms with E-state index in [1.807, 2.05) is 65.0 Å². The molecular weight excluding hydrogens is 455 g/mol. The van der Waals surface area contributed by atoms with Gasteiger partial charge in [-0.2, -0.15) is 0 Å². The number of benzene rings is 1. The summed E-state index contributed by atoms with van der Waals surface area (Å²) < 4.78 is 0.706. The number of nitrogens with zero attached hydrogens (tertiary/aromatic N) is 2. The van der Waals surface area contributed by atoms with Crippen LogP contribution in [-0.4, -0.2) is 39.0 Å². The molecule has 0 saturated carbocycles. The van der Waals surface area contributed by atoms with Crippen molar-refractivity contribution in [2.24, 2.45) is 11.8 Å². The normalized spacial score (nSPS) is 21.8. The van der Waals surface area contributed by atoms with Gasteiger partial charge >= 0.3 is 29.6 Å². The first-order valence-corrected chi connectivity index (χ1v) is 12.2. The first-order chi connectivity index (χ1) is 14.9. The van der Waals surface area contributed by atoms with Crippen molar-refractivity contribution in [3.8, 4) is 10.4 Å². The molecule has 2 aromatic rings. The molecule has 0 spiro atoms. The zero-order valence-electron chi connectivity index (χ0n) is 19.7. The number of hydrogen-bond donors (Lipinski definition) is 1. The Morgan fingerprint density at radius 3 is 2.34 bits per heavy atom. The van der Waals surface area contributed by atoms with Crippen LogP contribution in [0.25, 0.3) is 10.4 Å². The van der Waals surface area contributed by atoms with Crippen LogP contribution in [0.15, 0.2) is 51.5 Å². The fourth-order valence-corrected chi connectivity index (χ4v) is 6.04. The van der Waals surface area contributed by atoms with E-state index in [4.69, 9.17) is 0 Å². The zero-order valence-corrected chi connectivity index (χ0v) is 23.3. The number of amides is 1. The van der Waals surface area contributed by atoms with Crippen molar-refractivity contribution in [1.82, 2.24) is 9.88 Å². The molecule has 0 bridgehead atoms. The summed E-state index contributed by atoms with van der Waals surface area (Å²) in [7, 11) is 0. The van der Waals surface area contributed by atoms with Gasteiger partial charge in [-0.25, -0.2) is 4.98 Å². The van der Waals surface area contributed by atoms with Crippen LogP contribution in [0.5, 0.6) is 0 Å². The summed E-state index contributed by atoms with van der Waals surface area (Å²) in [6.45, 7) is 11.4. The molecule has 4 rings (SSSR count). The number of thiazole rings is 1. The molecule has 2 aliphatic heterocycles. The summed E-state index contributed by atoms with van der Waals surface area (Å²) in [5, 5.41) is 21.6. The number of carbonyl (C=O) groups is 2. The Labute approximate surface area is 220 Å². The third kappa shape index (κ3) is 5.48. The van der Waals surface area contributed by atoms with E-state index in [-0.39, 0.29) is 53.1 Å². The Bertz CT molecular complexity index is 946. The van der Waals surface area contributed by atoms with Crippen molar-refractivity contribution in [3.63, 3.8) is 0 Å². The van der Waals surface area contributed by atoms with Gasteiger partial charge in [0.1, 0.15) is 0 Å². The number of fused-ring (bicyclic) bond motifs is 1. The van der Waals surface area contributed by atoms with Gasteiger partial charge in [-0.15, -0.1) is 11.3 Å². The Hall–Kier alpha value is -1.16. The van der Waals surface area contributed by atoms with Gasteiger partial charge < -0.3 is 19.9 Å². The first-order valence-electron chi connectivity index (χ1n) is 10.6.